The van der Waals surface area contributed by atoms with Crippen molar-refractivity contribution in [2.24, 2.45) is 5.92 Å². The molecule has 23 heavy (non-hydrogen) atoms. The Morgan fingerprint density at radius 2 is 2.09 bits per heavy atom. The molecule has 1 N–H and O–H groups in total. The summed E-state index contributed by atoms with van der Waals surface area (Å²) >= 11 is 0. The lowest BCUT2D eigenvalue weighted by molar-refractivity contribution is -0.187. The zero-order valence-corrected chi connectivity index (χ0v) is 12.9. The smallest absolute Gasteiger partial charge is 0.360 e. The fourth-order valence-corrected chi connectivity index (χ4v) is 3.29. The summed E-state index contributed by atoms with van der Waals surface area (Å²) in [5.41, 5.74) is 1.40. The van der Waals surface area contributed by atoms with Crippen LogP contribution in [-0.4, -0.2) is 41.0 Å². The second kappa shape index (κ2) is 6.00. The van der Waals surface area contributed by atoms with Gasteiger partial charge in [0.2, 0.25) is 0 Å². The number of aromatic amines is 1. The van der Waals surface area contributed by atoms with Crippen LogP contribution in [0.15, 0.2) is 30.5 Å². The molecule has 3 nitrogen and oxygen atoms in total. The second-order valence-electron chi connectivity index (χ2n) is 6.16. The lowest BCUT2D eigenvalue weighted by atomic mass is 9.94. The predicted octanol–water partition coefficient (Wildman–Crippen LogP) is 4.01. The zero-order chi connectivity index (χ0) is 16.6. The average Bonchev–Trinajstić information content (AvgIpc) is 2.97. The maximum atomic E-state index is 12.9. The van der Waals surface area contributed by atoms with Crippen LogP contribution in [0.4, 0.5) is 13.2 Å². The molecule has 0 bridgehead atoms. The summed E-state index contributed by atoms with van der Waals surface area (Å²) in [6.07, 6.45) is -1.93. The SMILES string of the molecule is CC(C(=O)c1c[nH]c2ccccc12)N1CCCC(C(F)(F)F)C1. The number of carbonyl (C=O) groups is 1. The Morgan fingerprint density at radius 3 is 2.83 bits per heavy atom. The summed E-state index contributed by atoms with van der Waals surface area (Å²) < 4.78 is 38.8. The molecule has 2 heterocycles. The van der Waals surface area contributed by atoms with Gasteiger partial charge in [-0.3, -0.25) is 9.69 Å². The lowest BCUT2D eigenvalue weighted by Crippen LogP contribution is -2.48. The molecule has 6 heteroatoms. The first kappa shape index (κ1) is 16.1. The number of hydrogen-bond acceptors (Lipinski definition) is 2. The summed E-state index contributed by atoms with van der Waals surface area (Å²) in [5, 5.41) is 0.814. The number of likely N-dealkylation sites (tertiary alicyclic amines) is 1. The van der Waals surface area contributed by atoms with Gasteiger partial charge in [-0.2, -0.15) is 13.2 Å². The van der Waals surface area contributed by atoms with E-state index in [2.05, 4.69) is 4.98 Å². The molecule has 0 radical (unpaired) electrons. The average molecular weight is 324 g/mol. The van der Waals surface area contributed by atoms with E-state index in [4.69, 9.17) is 0 Å². The number of benzene rings is 1. The van der Waals surface area contributed by atoms with Crippen LogP contribution in [0.25, 0.3) is 10.9 Å². The quantitative estimate of drug-likeness (QED) is 0.866. The third-order valence-electron chi connectivity index (χ3n) is 4.70. The molecular formula is C17H19F3N2O. The Kier molecular flexibility index (Phi) is 4.19. The van der Waals surface area contributed by atoms with Crippen molar-refractivity contribution in [3.63, 3.8) is 0 Å². The van der Waals surface area contributed by atoms with Crippen molar-refractivity contribution >= 4 is 16.7 Å². The Balaban J connectivity index is 1.79. The van der Waals surface area contributed by atoms with Crippen molar-refractivity contribution in [3.05, 3.63) is 36.0 Å². The molecule has 1 aliphatic rings. The second-order valence-corrected chi connectivity index (χ2v) is 6.16. The van der Waals surface area contributed by atoms with Crippen LogP contribution < -0.4 is 0 Å². The van der Waals surface area contributed by atoms with Crippen molar-refractivity contribution in [2.45, 2.75) is 32.0 Å². The van der Waals surface area contributed by atoms with E-state index in [0.717, 1.165) is 10.9 Å². The van der Waals surface area contributed by atoms with E-state index in [1.165, 1.54) is 0 Å². The first-order valence-electron chi connectivity index (χ1n) is 7.79. The van der Waals surface area contributed by atoms with Crippen LogP contribution in [0.5, 0.6) is 0 Å². The molecule has 1 saturated heterocycles. The van der Waals surface area contributed by atoms with Crippen molar-refractivity contribution < 1.29 is 18.0 Å². The maximum absolute atomic E-state index is 12.9. The van der Waals surface area contributed by atoms with Gasteiger partial charge in [-0.15, -0.1) is 0 Å². The minimum absolute atomic E-state index is 0.0985. The standard InChI is InChI=1S/C17H19F3N2O/c1-11(22-8-4-5-12(10-22)17(18,19)20)16(23)14-9-21-15-7-3-2-6-13(14)15/h2-3,6-7,9,11-12,21H,4-5,8,10H2,1H3. The monoisotopic (exact) mass is 324 g/mol. The molecule has 1 aromatic carbocycles. The number of hydrogen-bond donors (Lipinski definition) is 1. The molecule has 0 amide bonds. The number of halogens is 3. The molecule has 124 valence electrons. The van der Waals surface area contributed by atoms with E-state index < -0.39 is 18.1 Å². The topological polar surface area (TPSA) is 36.1 Å². The van der Waals surface area contributed by atoms with Gasteiger partial charge < -0.3 is 4.98 Å². The molecule has 2 aromatic rings. The molecule has 2 unspecified atom stereocenters. The summed E-state index contributed by atoms with van der Waals surface area (Å²) in [6, 6.07) is 6.88. The molecule has 2 atom stereocenters. The molecule has 0 saturated carbocycles. The van der Waals surface area contributed by atoms with Gasteiger partial charge in [-0.05, 0) is 32.4 Å². The van der Waals surface area contributed by atoms with Gasteiger partial charge in [0, 0.05) is 29.2 Å². The number of H-pyrrole nitrogens is 1. The Hall–Kier alpha value is -1.82. The predicted molar refractivity (Wildman–Crippen MR) is 82.4 cm³/mol. The Labute approximate surface area is 132 Å². The minimum atomic E-state index is -4.19. The normalized spacial score (nSPS) is 21.5. The largest absolute Gasteiger partial charge is 0.393 e. The number of rotatable bonds is 3. The molecular weight excluding hydrogens is 305 g/mol. The first-order chi connectivity index (χ1) is 10.9. The molecule has 0 spiro atoms. The molecule has 1 fully saturated rings. The number of alkyl halides is 3. The van der Waals surface area contributed by atoms with Crippen LogP contribution >= 0.6 is 0 Å². The number of para-hydroxylation sites is 1. The third kappa shape index (κ3) is 3.13. The molecule has 1 aromatic heterocycles. The van der Waals surface area contributed by atoms with E-state index in [0.29, 0.717) is 18.5 Å². The van der Waals surface area contributed by atoms with Gasteiger partial charge in [-0.1, -0.05) is 18.2 Å². The number of aromatic nitrogens is 1. The number of carbonyl (C=O) groups excluding carboxylic acids is 1. The number of ketones is 1. The highest BCUT2D eigenvalue weighted by molar-refractivity contribution is 6.10. The number of fused-ring (bicyclic) bond motifs is 1. The Morgan fingerprint density at radius 1 is 1.35 bits per heavy atom. The fourth-order valence-electron chi connectivity index (χ4n) is 3.29. The van der Waals surface area contributed by atoms with Crippen LogP contribution in [-0.2, 0) is 0 Å². The number of piperidine rings is 1. The van der Waals surface area contributed by atoms with Gasteiger partial charge in [0.1, 0.15) is 0 Å². The van der Waals surface area contributed by atoms with Crippen LogP contribution in [0.3, 0.4) is 0 Å². The summed E-state index contributed by atoms with van der Waals surface area (Å²) in [6.45, 7) is 2.13. The maximum Gasteiger partial charge on any atom is 0.393 e. The summed E-state index contributed by atoms with van der Waals surface area (Å²) in [5.74, 6) is -1.47. The molecule has 3 rings (SSSR count). The van der Waals surface area contributed by atoms with Gasteiger partial charge in [0.25, 0.3) is 0 Å². The van der Waals surface area contributed by atoms with E-state index in [-0.39, 0.29) is 18.7 Å². The lowest BCUT2D eigenvalue weighted by Gasteiger charge is -2.36. The van der Waals surface area contributed by atoms with Crippen molar-refractivity contribution in [1.82, 2.24) is 9.88 Å². The highest BCUT2D eigenvalue weighted by Crippen LogP contribution is 2.34. The number of nitrogens with zero attached hydrogens (tertiary/aromatic N) is 1. The van der Waals surface area contributed by atoms with Crippen molar-refractivity contribution in [3.8, 4) is 0 Å². The van der Waals surface area contributed by atoms with Gasteiger partial charge in [-0.25, -0.2) is 0 Å². The summed E-state index contributed by atoms with van der Waals surface area (Å²) in [4.78, 5) is 17.4. The van der Waals surface area contributed by atoms with E-state index in [9.17, 15) is 18.0 Å². The highest BCUT2D eigenvalue weighted by Gasteiger charge is 2.43. The zero-order valence-electron chi connectivity index (χ0n) is 12.9. The van der Waals surface area contributed by atoms with Crippen LogP contribution in [0.2, 0.25) is 0 Å². The van der Waals surface area contributed by atoms with Gasteiger partial charge in [0.05, 0.1) is 12.0 Å². The number of nitrogens with one attached hydrogen (secondary N) is 1. The summed E-state index contributed by atoms with van der Waals surface area (Å²) in [7, 11) is 0. The Bertz CT molecular complexity index is 707. The third-order valence-corrected chi connectivity index (χ3v) is 4.70. The van der Waals surface area contributed by atoms with E-state index in [1.807, 2.05) is 24.3 Å². The van der Waals surface area contributed by atoms with Crippen LogP contribution in [0, 0.1) is 5.92 Å². The van der Waals surface area contributed by atoms with E-state index in [1.54, 1.807) is 18.0 Å². The fraction of sp³-hybridized carbons (Fsp3) is 0.471. The van der Waals surface area contributed by atoms with E-state index >= 15 is 0 Å². The van der Waals surface area contributed by atoms with Gasteiger partial charge in [0.15, 0.2) is 5.78 Å². The first-order valence-corrected chi connectivity index (χ1v) is 7.79. The minimum Gasteiger partial charge on any atom is -0.360 e. The molecule has 1 aliphatic heterocycles. The van der Waals surface area contributed by atoms with Crippen molar-refractivity contribution in [1.29, 1.82) is 0 Å². The van der Waals surface area contributed by atoms with Crippen molar-refractivity contribution in [2.75, 3.05) is 13.1 Å². The van der Waals surface area contributed by atoms with Crippen LogP contribution in [0.1, 0.15) is 30.1 Å². The number of Topliss-reactive ketones (excluding diaryl/α,β-unsaturated/α-hetero) is 1. The molecule has 0 aliphatic carbocycles. The highest BCUT2D eigenvalue weighted by atomic mass is 19.4. The van der Waals surface area contributed by atoms with Gasteiger partial charge >= 0.3 is 6.18 Å².